The van der Waals surface area contributed by atoms with Crippen molar-refractivity contribution in [3.8, 4) is 0 Å². The summed E-state index contributed by atoms with van der Waals surface area (Å²) in [4.78, 5) is 14.3. The second kappa shape index (κ2) is 5.90. The summed E-state index contributed by atoms with van der Waals surface area (Å²) < 4.78 is 1.86. The normalized spacial score (nSPS) is 12.2. The molecule has 1 atom stereocenters. The first-order valence-corrected chi connectivity index (χ1v) is 6.81. The number of rotatable bonds is 5. The number of hydrogen-bond acceptors (Lipinski definition) is 5. The van der Waals surface area contributed by atoms with Gasteiger partial charge in [0.2, 0.25) is 0 Å². The summed E-state index contributed by atoms with van der Waals surface area (Å²) in [5, 5.41) is 18.4. The van der Waals surface area contributed by atoms with Crippen molar-refractivity contribution in [3.05, 3.63) is 45.4 Å². The lowest BCUT2D eigenvalue weighted by atomic mass is 10.0. The lowest BCUT2D eigenvalue weighted by molar-refractivity contribution is -0.385. The van der Waals surface area contributed by atoms with Crippen molar-refractivity contribution >= 4 is 11.5 Å². The summed E-state index contributed by atoms with van der Waals surface area (Å²) in [6.45, 7) is 6.09. The molecule has 1 N–H and O–H groups in total. The second-order valence-electron chi connectivity index (χ2n) is 4.97. The molecule has 0 radical (unpaired) electrons. The van der Waals surface area contributed by atoms with Gasteiger partial charge in [-0.3, -0.25) is 14.8 Å². The Hall–Kier alpha value is -2.44. The van der Waals surface area contributed by atoms with E-state index in [1.54, 1.807) is 6.07 Å². The van der Waals surface area contributed by atoms with Crippen LogP contribution in [0.1, 0.15) is 36.3 Å². The summed E-state index contributed by atoms with van der Waals surface area (Å²) in [5.41, 5.74) is 3.23. The monoisotopic (exact) mass is 289 g/mol. The highest BCUT2D eigenvalue weighted by molar-refractivity contribution is 5.43. The van der Waals surface area contributed by atoms with Gasteiger partial charge in [0.1, 0.15) is 12.0 Å². The van der Waals surface area contributed by atoms with E-state index in [1.165, 1.54) is 12.3 Å². The van der Waals surface area contributed by atoms with E-state index < -0.39 is 4.92 Å². The zero-order valence-electron chi connectivity index (χ0n) is 12.6. The maximum absolute atomic E-state index is 10.6. The number of nitrogens with one attached hydrogen (secondary N) is 1. The fourth-order valence-electron chi connectivity index (χ4n) is 2.43. The first kappa shape index (κ1) is 15.0. The Kier molecular flexibility index (Phi) is 4.21. The van der Waals surface area contributed by atoms with Crippen molar-refractivity contribution < 1.29 is 4.92 Å². The third-order valence-electron chi connectivity index (χ3n) is 3.60. The molecule has 0 aliphatic carbocycles. The van der Waals surface area contributed by atoms with Crippen LogP contribution in [0.3, 0.4) is 0 Å². The van der Waals surface area contributed by atoms with Gasteiger partial charge in [-0.15, -0.1) is 0 Å². The molecule has 1 unspecified atom stereocenters. The molecule has 0 aliphatic rings. The molecule has 0 aromatic carbocycles. The number of hydrogen-bond donors (Lipinski definition) is 1. The lowest BCUT2D eigenvalue weighted by Crippen LogP contribution is -2.12. The Bertz CT molecular complexity index is 648. The number of pyridine rings is 1. The fraction of sp³-hybridized carbons (Fsp3) is 0.429. The number of anilines is 1. The Morgan fingerprint density at radius 1 is 1.43 bits per heavy atom. The SMILES string of the molecule is CCC(Nc1ccc([N+](=O)[O-])cn1)c1c(C)nn(C)c1C. The lowest BCUT2D eigenvalue weighted by Gasteiger charge is -2.18. The molecular weight excluding hydrogens is 270 g/mol. The minimum absolute atomic E-state index is 0.0117. The predicted molar refractivity (Wildman–Crippen MR) is 80.2 cm³/mol. The average Bonchev–Trinajstić information content (AvgIpc) is 2.70. The van der Waals surface area contributed by atoms with E-state index in [4.69, 9.17) is 0 Å². The molecule has 2 rings (SSSR count). The first-order valence-electron chi connectivity index (χ1n) is 6.81. The van der Waals surface area contributed by atoms with E-state index in [-0.39, 0.29) is 11.7 Å². The largest absolute Gasteiger partial charge is 0.363 e. The second-order valence-corrected chi connectivity index (χ2v) is 4.97. The van der Waals surface area contributed by atoms with Crippen LogP contribution >= 0.6 is 0 Å². The molecule has 0 spiro atoms. The van der Waals surface area contributed by atoms with Crippen LogP contribution in [0.5, 0.6) is 0 Å². The van der Waals surface area contributed by atoms with Crippen LogP contribution in [0.15, 0.2) is 18.3 Å². The molecule has 0 amide bonds. The number of aryl methyl sites for hydroxylation is 2. The first-order chi connectivity index (χ1) is 9.93. The van der Waals surface area contributed by atoms with Gasteiger partial charge < -0.3 is 5.32 Å². The Morgan fingerprint density at radius 3 is 2.57 bits per heavy atom. The van der Waals surface area contributed by atoms with Crippen LogP contribution in [0, 0.1) is 24.0 Å². The zero-order valence-corrected chi connectivity index (χ0v) is 12.6. The van der Waals surface area contributed by atoms with Gasteiger partial charge in [-0.05, 0) is 26.3 Å². The van der Waals surface area contributed by atoms with E-state index in [9.17, 15) is 10.1 Å². The Balaban J connectivity index is 2.25. The van der Waals surface area contributed by atoms with E-state index in [0.29, 0.717) is 5.82 Å². The molecule has 21 heavy (non-hydrogen) atoms. The number of aromatic nitrogens is 3. The third-order valence-corrected chi connectivity index (χ3v) is 3.60. The van der Waals surface area contributed by atoms with Crippen LogP contribution in [-0.2, 0) is 7.05 Å². The van der Waals surface area contributed by atoms with Crippen LogP contribution in [0.2, 0.25) is 0 Å². The smallest absolute Gasteiger partial charge is 0.287 e. The van der Waals surface area contributed by atoms with Crippen LogP contribution in [-0.4, -0.2) is 19.7 Å². The molecule has 2 aromatic rings. The summed E-state index contributed by atoms with van der Waals surface area (Å²) in [5.74, 6) is 0.620. The van der Waals surface area contributed by atoms with Gasteiger partial charge in [0.05, 0.1) is 16.7 Å². The van der Waals surface area contributed by atoms with E-state index in [0.717, 1.165) is 23.4 Å². The summed E-state index contributed by atoms with van der Waals surface area (Å²) >= 11 is 0. The molecule has 0 aliphatic heterocycles. The molecule has 7 heteroatoms. The summed E-state index contributed by atoms with van der Waals surface area (Å²) in [6, 6.07) is 3.15. The Morgan fingerprint density at radius 2 is 2.14 bits per heavy atom. The van der Waals surface area contributed by atoms with Gasteiger partial charge in [0.15, 0.2) is 0 Å². The van der Waals surface area contributed by atoms with Gasteiger partial charge in [-0.1, -0.05) is 6.92 Å². The van der Waals surface area contributed by atoms with Crippen molar-refractivity contribution in [2.24, 2.45) is 7.05 Å². The van der Waals surface area contributed by atoms with Gasteiger partial charge in [0.25, 0.3) is 5.69 Å². The molecule has 0 fully saturated rings. The zero-order chi connectivity index (χ0) is 15.6. The fourth-order valence-corrected chi connectivity index (χ4v) is 2.43. The van der Waals surface area contributed by atoms with Gasteiger partial charge in [-0.25, -0.2) is 4.98 Å². The maximum Gasteiger partial charge on any atom is 0.287 e. The summed E-state index contributed by atoms with van der Waals surface area (Å²) in [7, 11) is 1.92. The predicted octanol–water partition coefficient (Wildman–Crippen LogP) is 2.90. The third kappa shape index (κ3) is 3.01. The van der Waals surface area contributed by atoms with Crippen LogP contribution < -0.4 is 5.32 Å². The molecule has 2 heterocycles. The highest BCUT2D eigenvalue weighted by Gasteiger charge is 2.19. The highest BCUT2D eigenvalue weighted by atomic mass is 16.6. The molecule has 0 bridgehead atoms. The number of nitro groups is 1. The summed E-state index contributed by atoms with van der Waals surface area (Å²) in [6.07, 6.45) is 2.13. The molecule has 0 saturated heterocycles. The quantitative estimate of drug-likeness (QED) is 0.675. The molecule has 0 saturated carbocycles. The van der Waals surface area contributed by atoms with Gasteiger partial charge >= 0.3 is 0 Å². The van der Waals surface area contributed by atoms with Gasteiger partial charge in [-0.2, -0.15) is 5.10 Å². The highest BCUT2D eigenvalue weighted by Crippen LogP contribution is 2.27. The van der Waals surface area contributed by atoms with E-state index in [2.05, 4.69) is 22.3 Å². The standard InChI is InChI=1S/C14H19N5O2/c1-5-12(14-9(2)17-18(4)10(14)3)16-13-7-6-11(8-15-13)19(20)21/h6-8,12H,5H2,1-4H3,(H,15,16). The van der Waals surface area contributed by atoms with Crippen molar-refractivity contribution in [1.82, 2.24) is 14.8 Å². The van der Waals surface area contributed by atoms with Crippen LogP contribution in [0.25, 0.3) is 0 Å². The molecule has 112 valence electrons. The average molecular weight is 289 g/mol. The van der Waals surface area contributed by atoms with Gasteiger partial charge in [0, 0.05) is 24.4 Å². The molecule has 2 aromatic heterocycles. The van der Waals surface area contributed by atoms with Crippen LogP contribution in [0.4, 0.5) is 11.5 Å². The van der Waals surface area contributed by atoms with E-state index in [1.807, 2.05) is 25.6 Å². The van der Waals surface area contributed by atoms with Crippen molar-refractivity contribution in [1.29, 1.82) is 0 Å². The van der Waals surface area contributed by atoms with Crippen molar-refractivity contribution in [3.63, 3.8) is 0 Å². The Labute approximate surface area is 123 Å². The molecular formula is C14H19N5O2. The maximum atomic E-state index is 10.6. The minimum Gasteiger partial charge on any atom is -0.363 e. The topological polar surface area (TPSA) is 85.9 Å². The van der Waals surface area contributed by atoms with Crippen molar-refractivity contribution in [2.45, 2.75) is 33.2 Å². The minimum atomic E-state index is -0.455. The van der Waals surface area contributed by atoms with E-state index >= 15 is 0 Å². The number of nitrogens with zero attached hydrogens (tertiary/aromatic N) is 4. The molecule has 7 nitrogen and oxygen atoms in total. The van der Waals surface area contributed by atoms with Crippen molar-refractivity contribution in [2.75, 3.05) is 5.32 Å².